The Bertz CT molecular complexity index is 3120. The van der Waals surface area contributed by atoms with Crippen LogP contribution in [-0.4, -0.2) is 22.1 Å². The third-order valence-corrected chi connectivity index (χ3v) is 11.9. The largest absolute Gasteiger partial charge is 0.495 e. The smallest absolute Gasteiger partial charge is 0.167 e. The normalized spacial score (nSPS) is 14.5. The molecule has 5 nitrogen and oxygen atoms in total. The molecule has 59 heavy (non-hydrogen) atoms. The highest BCUT2D eigenvalue weighted by molar-refractivity contribution is 6.00. The molecule has 0 saturated heterocycles. The van der Waals surface area contributed by atoms with E-state index >= 15 is 0 Å². The van der Waals surface area contributed by atoms with Gasteiger partial charge in [-0.25, -0.2) is 15.0 Å². The van der Waals surface area contributed by atoms with Gasteiger partial charge in [0, 0.05) is 40.0 Å². The second-order valence-electron chi connectivity index (χ2n) is 15.3. The van der Waals surface area contributed by atoms with E-state index in [4.69, 9.17) is 24.1 Å². The molecule has 0 N–H and O–H groups in total. The first-order valence-corrected chi connectivity index (χ1v) is 20.3. The summed E-state index contributed by atoms with van der Waals surface area (Å²) in [5, 5.41) is 3.68. The number of para-hydroxylation sites is 2. The van der Waals surface area contributed by atoms with Crippen LogP contribution < -0.4 is 4.74 Å². The van der Waals surface area contributed by atoms with Crippen molar-refractivity contribution in [1.29, 1.82) is 0 Å². The highest BCUT2D eigenvalue weighted by atomic mass is 16.5. The maximum atomic E-state index is 6.72. The summed E-state index contributed by atoms with van der Waals surface area (Å²) in [4.78, 5) is 15.6. The van der Waals surface area contributed by atoms with Gasteiger partial charge in [0.2, 0.25) is 0 Å². The van der Waals surface area contributed by atoms with E-state index < -0.39 is 0 Å². The minimum absolute atomic E-state index is 0.139. The third kappa shape index (κ3) is 6.05. The Balaban J connectivity index is 1.11. The number of hydrogen-bond donors (Lipinski definition) is 0. The van der Waals surface area contributed by atoms with Gasteiger partial charge in [0.25, 0.3) is 0 Å². The summed E-state index contributed by atoms with van der Waals surface area (Å²) in [6.07, 6.45) is 9.68. The molecule has 1 unspecified atom stereocenters. The lowest BCUT2D eigenvalue weighted by atomic mass is 9.77. The molecule has 0 spiro atoms. The first-order chi connectivity index (χ1) is 29.2. The van der Waals surface area contributed by atoms with Crippen LogP contribution >= 0.6 is 0 Å². The summed E-state index contributed by atoms with van der Waals surface area (Å²) < 4.78 is 12.9. The molecule has 0 amide bonds. The van der Waals surface area contributed by atoms with Crippen molar-refractivity contribution >= 4 is 33.4 Å². The topological polar surface area (TPSA) is 61.0 Å². The monoisotopic (exact) mass is 761 g/mol. The second-order valence-corrected chi connectivity index (χ2v) is 15.3. The molecule has 7 aromatic carbocycles. The summed E-state index contributed by atoms with van der Waals surface area (Å²) in [5.74, 6) is 3.68. The van der Waals surface area contributed by atoms with E-state index in [9.17, 15) is 0 Å². The Morgan fingerprint density at radius 3 is 2.07 bits per heavy atom. The molecule has 0 bridgehead atoms. The van der Waals surface area contributed by atoms with Crippen molar-refractivity contribution in [3.05, 3.63) is 203 Å². The molecule has 2 aromatic heterocycles. The van der Waals surface area contributed by atoms with Crippen LogP contribution in [0.4, 0.5) is 0 Å². The summed E-state index contributed by atoms with van der Waals surface area (Å²) >= 11 is 0. The SMILES string of the molecule is COc1c(-c2ccccc2)cccc1-c1nc(-c2ccccc2)nc(-c2ccc(C3=CC(c4cccc5ccccc45)Cc4oc5ccccc5c43)c3c2C=CCC3)n1. The van der Waals surface area contributed by atoms with Gasteiger partial charge in [-0.3, -0.25) is 0 Å². The first kappa shape index (κ1) is 34.8. The number of furan rings is 1. The number of hydrogen-bond acceptors (Lipinski definition) is 5. The Hall–Kier alpha value is -7.37. The predicted molar refractivity (Wildman–Crippen MR) is 239 cm³/mol. The predicted octanol–water partition coefficient (Wildman–Crippen LogP) is 13.2. The van der Waals surface area contributed by atoms with E-state index in [0.717, 1.165) is 75.1 Å². The number of ether oxygens (including phenoxy) is 1. The molecule has 282 valence electrons. The van der Waals surface area contributed by atoms with Gasteiger partial charge in [0.05, 0.1) is 12.7 Å². The molecule has 9 aromatic rings. The summed E-state index contributed by atoms with van der Waals surface area (Å²) in [5.41, 5.74) is 13.0. The van der Waals surface area contributed by atoms with Crippen LogP contribution in [-0.2, 0) is 12.8 Å². The lowest BCUT2D eigenvalue weighted by molar-refractivity contribution is 0.418. The van der Waals surface area contributed by atoms with Crippen LogP contribution in [0.1, 0.15) is 45.9 Å². The van der Waals surface area contributed by atoms with Crippen LogP contribution in [0.3, 0.4) is 0 Å². The Morgan fingerprint density at radius 1 is 0.576 bits per heavy atom. The fourth-order valence-electron chi connectivity index (χ4n) is 9.19. The van der Waals surface area contributed by atoms with Crippen molar-refractivity contribution in [1.82, 2.24) is 15.0 Å². The molecule has 2 aliphatic rings. The number of benzene rings is 7. The number of nitrogens with zero attached hydrogens (tertiary/aromatic N) is 3. The highest BCUT2D eigenvalue weighted by Gasteiger charge is 2.31. The lowest BCUT2D eigenvalue weighted by Crippen LogP contribution is -2.11. The summed E-state index contributed by atoms with van der Waals surface area (Å²) in [7, 11) is 1.71. The van der Waals surface area contributed by atoms with Crippen molar-refractivity contribution in [3.8, 4) is 51.0 Å². The maximum Gasteiger partial charge on any atom is 0.167 e. The van der Waals surface area contributed by atoms with Crippen LogP contribution in [0.2, 0.25) is 0 Å². The van der Waals surface area contributed by atoms with Gasteiger partial charge in [0.1, 0.15) is 17.1 Å². The highest BCUT2D eigenvalue weighted by Crippen LogP contribution is 2.47. The molecule has 0 radical (unpaired) electrons. The quantitative estimate of drug-likeness (QED) is 0.162. The second kappa shape index (κ2) is 14.5. The van der Waals surface area contributed by atoms with E-state index in [1.807, 2.05) is 60.7 Å². The maximum absolute atomic E-state index is 6.72. The van der Waals surface area contributed by atoms with Crippen molar-refractivity contribution in [3.63, 3.8) is 0 Å². The molecule has 5 heteroatoms. The molecule has 0 aliphatic heterocycles. The van der Waals surface area contributed by atoms with E-state index in [1.54, 1.807) is 7.11 Å². The molecule has 0 fully saturated rings. The number of methoxy groups -OCH3 is 1. The van der Waals surface area contributed by atoms with Crippen molar-refractivity contribution < 1.29 is 9.15 Å². The molecule has 11 rings (SSSR count). The van der Waals surface area contributed by atoms with Crippen LogP contribution in [0.5, 0.6) is 5.75 Å². The Labute approximate surface area is 343 Å². The minimum Gasteiger partial charge on any atom is -0.495 e. The first-order valence-electron chi connectivity index (χ1n) is 20.3. The zero-order chi connectivity index (χ0) is 39.3. The standard InChI is InChI=1S/C54H39N3O2/c1-58-51-40(35-16-4-2-5-17-35)27-15-28-46(51)54-56-52(36-19-6-3-7-20-36)55-53(57-54)44-31-30-43(41-23-10-11-24-42(41)44)47-32-37(39-26-14-21-34-18-8-9-22-38(34)39)33-49-50(47)45-25-12-13-29-48(45)59-49/h2-9,11-22,24-32,37H,10,23,33H2,1H3. The molecule has 1 atom stereocenters. The van der Waals surface area contributed by atoms with Gasteiger partial charge in [-0.1, -0.05) is 158 Å². The molecular weight excluding hydrogens is 723 g/mol. The summed E-state index contributed by atoms with van der Waals surface area (Å²) in [6.45, 7) is 0. The Kier molecular flexibility index (Phi) is 8.58. The fourth-order valence-corrected chi connectivity index (χ4v) is 9.19. The van der Waals surface area contributed by atoms with Crippen molar-refractivity contribution in [2.24, 2.45) is 0 Å². The summed E-state index contributed by atoms with van der Waals surface area (Å²) in [6, 6.07) is 54.9. The van der Waals surface area contributed by atoms with Crippen molar-refractivity contribution in [2.75, 3.05) is 7.11 Å². The van der Waals surface area contributed by atoms with Gasteiger partial charge >= 0.3 is 0 Å². The minimum atomic E-state index is 0.139. The van der Waals surface area contributed by atoms with Crippen LogP contribution in [0.15, 0.2) is 174 Å². The molecule has 2 heterocycles. The van der Waals surface area contributed by atoms with E-state index in [0.29, 0.717) is 17.5 Å². The van der Waals surface area contributed by atoms with Crippen LogP contribution in [0, 0.1) is 0 Å². The van der Waals surface area contributed by atoms with E-state index in [-0.39, 0.29) is 5.92 Å². The number of allylic oxidation sites excluding steroid dienone is 2. The number of fused-ring (bicyclic) bond motifs is 5. The molecular formula is C54H39N3O2. The van der Waals surface area contributed by atoms with Gasteiger partial charge in [-0.2, -0.15) is 0 Å². The van der Waals surface area contributed by atoms with E-state index in [1.165, 1.54) is 38.6 Å². The molecule has 2 aliphatic carbocycles. The number of aromatic nitrogens is 3. The lowest BCUT2D eigenvalue weighted by Gasteiger charge is -2.26. The van der Waals surface area contributed by atoms with Crippen LogP contribution in [0.25, 0.3) is 78.7 Å². The Morgan fingerprint density at radius 2 is 1.24 bits per heavy atom. The fraction of sp³-hybridized carbons (Fsp3) is 0.0926. The van der Waals surface area contributed by atoms with Gasteiger partial charge in [0.15, 0.2) is 17.5 Å². The zero-order valence-corrected chi connectivity index (χ0v) is 32.6. The van der Waals surface area contributed by atoms with Crippen molar-refractivity contribution in [2.45, 2.75) is 25.2 Å². The third-order valence-electron chi connectivity index (χ3n) is 11.9. The zero-order valence-electron chi connectivity index (χ0n) is 32.6. The number of rotatable bonds is 7. The van der Waals surface area contributed by atoms with Gasteiger partial charge in [-0.05, 0) is 75.2 Å². The van der Waals surface area contributed by atoms with Gasteiger partial charge < -0.3 is 9.15 Å². The average Bonchev–Trinajstić information content (AvgIpc) is 3.69. The van der Waals surface area contributed by atoms with Gasteiger partial charge in [-0.15, -0.1) is 0 Å². The molecule has 0 saturated carbocycles. The average molecular weight is 762 g/mol. The van der Waals surface area contributed by atoms with E-state index in [2.05, 4.69) is 115 Å².